The molecule has 3 N–H and O–H groups in total. The maximum absolute atomic E-state index is 14.7. The zero-order chi connectivity index (χ0) is 50.0. The number of phosphoric ester groups is 1. The smallest absolute Gasteiger partial charge is 0.462 e. The summed E-state index contributed by atoms with van der Waals surface area (Å²) in [5.74, 6) is -0.643. The van der Waals surface area contributed by atoms with Crippen LogP contribution in [0.4, 0.5) is 0 Å². The van der Waals surface area contributed by atoms with E-state index in [4.69, 9.17) is 18.5 Å². The second kappa shape index (κ2) is 24.1. The molecule has 0 heterocycles. The van der Waals surface area contributed by atoms with Crippen LogP contribution in [0.5, 0.6) is 0 Å². The predicted molar refractivity (Wildman–Crippen MR) is 266 cm³/mol. The van der Waals surface area contributed by atoms with Crippen LogP contribution >= 0.6 is 7.82 Å². The molecule has 5 aliphatic rings. The Morgan fingerprint density at radius 1 is 0.750 bits per heavy atom. The number of nitrogens with one attached hydrogen (secondary N) is 1. The summed E-state index contributed by atoms with van der Waals surface area (Å²) in [6.07, 6.45) is 23.3. The number of allylic oxidation sites excluding steroid dienone is 2. The average molecular weight is 976 g/mol. The number of unbranched alkanes of at least 4 members (excludes halogenated alkanes) is 12. The lowest BCUT2D eigenvalue weighted by Crippen LogP contribution is -2.66. The third-order valence-electron chi connectivity index (χ3n) is 18.9. The van der Waals surface area contributed by atoms with Crippen molar-refractivity contribution >= 4 is 31.5 Å². The Bertz CT molecular complexity index is 1800. The quantitative estimate of drug-likeness (QED) is 0.0406. The van der Waals surface area contributed by atoms with Crippen molar-refractivity contribution in [2.45, 2.75) is 235 Å². The van der Waals surface area contributed by atoms with Crippen LogP contribution in [0.25, 0.3) is 0 Å². The van der Waals surface area contributed by atoms with Gasteiger partial charge in [-0.05, 0) is 116 Å². The van der Waals surface area contributed by atoms with Crippen molar-refractivity contribution in [3.8, 4) is 0 Å². The Morgan fingerprint density at radius 2 is 1.34 bits per heavy atom. The summed E-state index contributed by atoms with van der Waals surface area (Å²) in [5.41, 5.74) is -0.443. The van der Waals surface area contributed by atoms with Gasteiger partial charge in [0.05, 0.1) is 19.3 Å². The van der Waals surface area contributed by atoms with E-state index in [1.807, 2.05) is 13.0 Å². The zero-order valence-corrected chi connectivity index (χ0v) is 44.9. The SMILES string of the molecule is CCCCCCCCCC(=O)OCC(COP(=O)(O)OCCNC(=O)[C@@]1(C)CC[C@]2(C)CC[C@]3(C)C(=CC(=O)[C@@H]4[C@@]5(C)CC[C@H](O)C(C)(C)[C@@H]5CC[C@]43C)[C@@H]2C1)OC(=O)CCCCCCCCC. The lowest BCUT2D eigenvalue weighted by Gasteiger charge is -2.70. The second-order valence-corrected chi connectivity index (χ2v) is 25.5. The molecule has 0 aliphatic heterocycles. The van der Waals surface area contributed by atoms with Crippen LogP contribution in [-0.4, -0.2) is 72.2 Å². The number of ketones is 1. The molecule has 1 amide bonds. The van der Waals surface area contributed by atoms with Gasteiger partial charge in [-0.1, -0.05) is 145 Å². The molecule has 13 heteroatoms. The Labute approximate surface area is 411 Å². The van der Waals surface area contributed by atoms with E-state index in [2.05, 4.69) is 60.7 Å². The highest BCUT2D eigenvalue weighted by atomic mass is 31.2. The Kier molecular flexibility index (Phi) is 20.1. The van der Waals surface area contributed by atoms with Gasteiger partial charge in [0.1, 0.15) is 6.61 Å². The van der Waals surface area contributed by atoms with Crippen LogP contribution in [0.15, 0.2) is 11.6 Å². The van der Waals surface area contributed by atoms with Gasteiger partial charge in [0.2, 0.25) is 5.91 Å². The molecule has 0 bridgehead atoms. The number of esters is 2. The highest BCUT2D eigenvalue weighted by Gasteiger charge is 2.70. The topological polar surface area (TPSA) is 175 Å². The van der Waals surface area contributed by atoms with Crippen molar-refractivity contribution < 1.29 is 52.3 Å². The van der Waals surface area contributed by atoms with Gasteiger partial charge in [-0.3, -0.25) is 28.2 Å². The third kappa shape index (κ3) is 13.1. The third-order valence-corrected chi connectivity index (χ3v) is 19.8. The number of phosphoric acid groups is 1. The number of hydrogen-bond acceptors (Lipinski definition) is 10. The highest BCUT2D eigenvalue weighted by Crippen LogP contribution is 2.75. The molecule has 0 aromatic heterocycles. The number of rotatable bonds is 27. The number of fused-ring (bicyclic) bond motifs is 7. The number of aliphatic hydroxyl groups is 1. The predicted octanol–water partition coefficient (Wildman–Crippen LogP) is 12.3. The first-order chi connectivity index (χ1) is 32.0. The number of carbonyl (C=O) groups is 4. The molecule has 4 saturated carbocycles. The van der Waals surface area contributed by atoms with Gasteiger partial charge < -0.3 is 24.8 Å². The van der Waals surface area contributed by atoms with E-state index in [-0.39, 0.29) is 95.2 Å². The summed E-state index contributed by atoms with van der Waals surface area (Å²) >= 11 is 0. The maximum atomic E-state index is 14.7. The van der Waals surface area contributed by atoms with Crippen LogP contribution in [0.2, 0.25) is 0 Å². The van der Waals surface area contributed by atoms with Crippen LogP contribution in [0.3, 0.4) is 0 Å². The molecule has 68 heavy (non-hydrogen) atoms. The normalized spacial score (nSPS) is 34.2. The standard InChI is InChI=1S/C55H94NO11P/c1-10-12-14-16-18-20-22-24-46(59)64-38-40(67-47(60)25-23-21-19-17-15-13-11-2)39-66-68(62,63)65-35-34-56-49(61)52(6)31-30-51(5)32-33-54(8)41(42(51)37-52)36-43(57)48-53(7)28-27-45(58)50(3,4)44(53)26-29-55(48,54)9/h36,40,42,44-45,48,58H,10-35,37-39H2,1-9H3,(H,56,61)(H,62,63)/t40?,42-,44-,45-,48+,51+,52-,53-,54+,55+/m0/s1. The molecular formula is C55H94NO11P. The van der Waals surface area contributed by atoms with Crippen molar-refractivity contribution in [3.63, 3.8) is 0 Å². The Morgan fingerprint density at radius 3 is 1.97 bits per heavy atom. The maximum Gasteiger partial charge on any atom is 0.472 e. The molecule has 0 aromatic rings. The van der Waals surface area contributed by atoms with Crippen molar-refractivity contribution in [1.29, 1.82) is 0 Å². The summed E-state index contributed by atoms with van der Waals surface area (Å²) in [4.78, 5) is 64.9. The van der Waals surface area contributed by atoms with E-state index in [0.29, 0.717) is 32.1 Å². The Balaban J connectivity index is 1.14. The van der Waals surface area contributed by atoms with E-state index < -0.39 is 37.9 Å². The van der Waals surface area contributed by atoms with Crippen molar-refractivity contribution in [3.05, 3.63) is 11.6 Å². The van der Waals surface area contributed by atoms with Gasteiger partial charge >= 0.3 is 19.8 Å². The molecule has 0 saturated heterocycles. The summed E-state index contributed by atoms with van der Waals surface area (Å²) in [6.45, 7) is 19.0. The van der Waals surface area contributed by atoms with Crippen molar-refractivity contribution in [1.82, 2.24) is 5.32 Å². The molecule has 5 aliphatic carbocycles. The summed E-state index contributed by atoms with van der Waals surface area (Å²) in [5, 5.41) is 14.1. The lowest BCUT2D eigenvalue weighted by molar-refractivity contribution is -0.202. The fraction of sp³-hybridized carbons (Fsp3) is 0.891. The monoisotopic (exact) mass is 976 g/mol. The van der Waals surface area contributed by atoms with Gasteiger partial charge in [-0.15, -0.1) is 0 Å². The van der Waals surface area contributed by atoms with E-state index in [1.165, 1.54) is 44.1 Å². The molecule has 0 radical (unpaired) electrons. The van der Waals surface area contributed by atoms with E-state index >= 15 is 0 Å². The minimum absolute atomic E-state index is 0.0270. The molecule has 11 atom stereocenters. The first-order valence-electron chi connectivity index (χ1n) is 27.2. The van der Waals surface area contributed by atoms with Crippen LogP contribution in [-0.2, 0) is 42.3 Å². The molecule has 12 nitrogen and oxygen atoms in total. The van der Waals surface area contributed by atoms with Crippen molar-refractivity contribution in [2.75, 3.05) is 26.4 Å². The number of amides is 1. The Hall–Kier alpha value is -2.11. The minimum atomic E-state index is -4.66. The summed E-state index contributed by atoms with van der Waals surface area (Å²) in [6, 6.07) is 0. The summed E-state index contributed by atoms with van der Waals surface area (Å²) < 4.78 is 34.7. The van der Waals surface area contributed by atoms with Gasteiger partial charge in [0.15, 0.2) is 11.9 Å². The van der Waals surface area contributed by atoms with Gasteiger partial charge in [0.25, 0.3) is 0 Å². The van der Waals surface area contributed by atoms with E-state index in [9.17, 15) is 33.7 Å². The van der Waals surface area contributed by atoms with Gasteiger partial charge in [-0.25, -0.2) is 4.57 Å². The second-order valence-electron chi connectivity index (χ2n) is 24.0. The van der Waals surface area contributed by atoms with E-state index in [0.717, 1.165) is 77.0 Å². The molecular weight excluding hydrogens is 882 g/mol. The van der Waals surface area contributed by atoms with Crippen LogP contribution in [0, 0.1) is 50.2 Å². The number of carbonyl (C=O) groups excluding carboxylic acids is 4. The minimum Gasteiger partial charge on any atom is -0.462 e. The van der Waals surface area contributed by atoms with Gasteiger partial charge in [0, 0.05) is 30.7 Å². The number of hydrogen-bond donors (Lipinski definition) is 3. The van der Waals surface area contributed by atoms with Gasteiger partial charge in [-0.2, -0.15) is 0 Å². The fourth-order valence-electron chi connectivity index (χ4n) is 14.2. The fourth-order valence-corrected chi connectivity index (χ4v) is 15.0. The molecule has 4 fully saturated rings. The molecule has 0 aromatic carbocycles. The largest absolute Gasteiger partial charge is 0.472 e. The van der Waals surface area contributed by atoms with Crippen molar-refractivity contribution in [2.24, 2.45) is 50.2 Å². The highest BCUT2D eigenvalue weighted by molar-refractivity contribution is 7.47. The molecule has 2 unspecified atom stereocenters. The number of aliphatic hydroxyl groups excluding tert-OH is 1. The first-order valence-corrected chi connectivity index (χ1v) is 28.7. The zero-order valence-electron chi connectivity index (χ0n) is 44.0. The lowest BCUT2D eigenvalue weighted by atomic mass is 9.33. The molecule has 0 spiro atoms. The summed E-state index contributed by atoms with van der Waals surface area (Å²) in [7, 11) is -4.66. The number of ether oxygens (including phenoxy) is 2. The van der Waals surface area contributed by atoms with Crippen LogP contribution < -0.4 is 5.32 Å². The van der Waals surface area contributed by atoms with Crippen LogP contribution in [0.1, 0.15) is 223 Å². The molecule has 390 valence electrons. The van der Waals surface area contributed by atoms with E-state index in [1.54, 1.807) is 0 Å². The molecule has 5 rings (SSSR count). The average Bonchev–Trinajstić information content (AvgIpc) is 3.28. The first kappa shape index (κ1) is 56.8.